The predicted molar refractivity (Wildman–Crippen MR) is 149 cm³/mol. The Labute approximate surface area is 193 Å². The Kier molecular flexibility index (Phi) is 2.41. The van der Waals surface area contributed by atoms with E-state index in [-0.39, 0.29) is 0 Å². The molecular formula is C34H16. The van der Waals surface area contributed by atoms with Gasteiger partial charge in [0.1, 0.15) is 0 Å². The molecule has 0 amide bonds. The summed E-state index contributed by atoms with van der Waals surface area (Å²) < 4.78 is 0. The molecule has 0 nitrogen and oxygen atoms in total. The molecule has 0 aliphatic carbocycles. The molecule has 0 aliphatic rings. The Hall–Kier alpha value is -4.42. The topological polar surface area (TPSA) is 0 Å². The first-order chi connectivity index (χ1) is 16.9. The highest BCUT2D eigenvalue weighted by Crippen LogP contribution is 2.53. The normalized spacial score (nSPS) is 13.3. The summed E-state index contributed by atoms with van der Waals surface area (Å²) in [5.74, 6) is 0. The maximum absolute atomic E-state index is 2.46. The van der Waals surface area contributed by atoms with Gasteiger partial charge < -0.3 is 0 Å². The van der Waals surface area contributed by atoms with Gasteiger partial charge in [-0.3, -0.25) is 0 Å². The molecule has 0 aliphatic heterocycles. The summed E-state index contributed by atoms with van der Waals surface area (Å²) in [5, 5.41) is 25.1. The van der Waals surface area contributed by atoms with E-state index in [4.69, 9.17) is 0 Å². The van der Waals surface area contributed by atoms with Crippen molar-refractivity contribution in [2.24, 2.45) is 0 Å². The minimum Gasteiger partial charge on any atom is -0.0610 e. The van der Waals surface area contributed by atoms with Crippen LogP contribution in [0.3, 0.4) is 0 Å². The van der Waals surface area contributed by atoms with Crippen LogP contribution in [-0.4, -0.2) is 0 Å². The maximum Gasteiger partial charge on any atom is -0.000115 e. The van der Waals surface area contributed by atoms with Gasteiger partial charge in [-0.05, 0) is 103 Å². The minimum absolute atomic E-state index is 1.33. The van der Waals surface area contributed by atoms with Gasteiger partial charge in [0, 0.05) is 0 Å². The van der Waals surface area contributed by atoms with Crippen molar-refractivity contribution in [2.45, 2.75) is 0 Å². The molecule has 10 aromatic rings. The second-order valence-electron chi connectivity index (χ2n) is 10.0. The fourth-order valence-corrected chi connectivity index (χ4v) is 7.39. The third-order valence-electron chi connectivity index (χ3n) is 8.61. The van der Waals surface area contributed by atoms with E-state index in [2.05, 4.69) is 97.1 Å². The van der Waals surface area contributed by atoms with Crippen molar-refractivity contribution in [2.75, 3.05) is 0 Å². The van der Waals surface area contributed by atoms with Gasteiger partial charge in [-0.15, -0.1) is 0 Å². The summed E-state index contributed by atoms with van der Waals surface area (Å²) in [5.41, 5.74) is 0. The molecule has 0 N–H and O–H groups in total. The number of hydrogen-bond donors (Lipinski definition) is 0. The molecule has 0 radical (unpaired) electrons. The van der Waals surface area contributed by atoms with Crippen LogP contribution in [0.1, 0.15) is 0 Å². The molecular weight excluding hydrogens is 408 g/mol. The lowest BCUT2D eigenvalue weighted by molar-refractivity contribution is 1.80. The number of hydrogen-bond acceptors (Lipinski definition) is 0. The first-order valence-corrected chi connectivity index (χ1v) is 12.0. The van der Waals surface area contributed by atoms with Crippen LogP contribution < -0.4 is 0 Å². The van der Waals surface area contributed by atoms with Crippen LogP contribution in [0.25, 0.3) is 97.0 Å². The average molecular weight is 425 g/mol. The molecule has 0 heteroatoms. The lowest BCUT2D eigenvalue weighted by Crippen LogP contribution is -1.95. The van der Waals surface area contributed by atoms with Gasteiger partial charge in [0.05, 0.1) is 0 Å². The quantitative estimate of drug-likeness (QED) is 0.168. The zero-order chi connectivity index (χ0) is 21.7. The van der Waals surface area contributed by atoms with E-state index in [1.807, 2.05) is 0 Å². The SMILES string of the molecule is c1cc2ccc3ccc4c5ccc6cccc7c8cccc9cc%10c(c1)c2c3c4c%10c(c98)c5c67. The van der Waals surface area contributed by atoms with Crippen molar-refractivity contribution in [3.63, 3.8) is 0 Å². The summed E-state index contributed by atoms with van der Waals surface area (Å²) in [6, 6.07) is 36.9. The summed E-state index contributed by atoms with van der Waals surface area (Å²) in [4.78, 5) is 0. The van der Waals surface area contributed by atoms with Crippen molar-refractivity contribution in [1.29, 1.82) is 0 Å². The molecule has 0 unspecified atom stereocenters. The molecule has 0 aromatic heterocycles. The van der Waals surface area contributed by atoms with Gasteiger partial charge in [-0.2, -0.15) is 0 Å². The van der Waals surface area contributed by atoms with Crippen LogP contribution in [0.4, 0.5) is 0 Å². The predicted octanol–water partition coefficient (Wildman–Crippen LogP) is 9.82. The number of benzene rings is 10. The van der Waals surface area contributed by atoms with E-state index < -0.39 is 0 Å². The van der Waals surface area contributed by atoms with E-state index in [9.17, 15) is 0 Å². The molecule has 34 heavy (non-hydrogen) atoms. The highest BCUT2D eigenvalue weighted by molar-refractivity contribution is 6.52. The van der Waals surface area contributed by atoms with Crippen LogP contribution in [0, 0.1) is 0 Å². The molecule has 0 bridgehead atoms. The Balaban J connectivity index is 1.76. The lowest BCUT2D eigenvalue weighted by Gasteiger charge is -2.24. The van der Waals surface area contributed by atoms with Crippen molar-refractivity contribution in [3.8, 4) is 0 Å². The molecule has 0 atom stereocenters. The molecule has 152 valence electrons. The highest BCUT2D eigenvalue weighted by atomic mass is 14.3. The average Bonchev–Trinajstić information content (AvgIpc) is 2.90. The molecule has 0 spiro atoms. The first-order valence-electron chi connectivity index (χ1n) is 12.0. The minimum atomic E-state index is 1.33. The monoisotopic (exact) mass is 424 g/mol. The highest BCUT2D eigenvalue weighted by Gasteiger charge is 2.24. The Morgan fingerprint density at radius 1 is 0.235 bits per heavy atom. The first kappa shape index (κ1) is 16.2. The molecule has 0 heterocycles. The summed E-state index contributed by atoms with van der Waals surface area (Å²) >= 11 is 0. The third kappa shape index (κ3) is 1.54. The number of fused-ring (bicyclic) bond motifs is 3. The van der Waals surface area contributed by atoms with Gasteiger partial charge in [-0.1, -0.05) is 91.0 Å². The zero-order valence-electron chi connectivity index (χ0n) is 18.2. The van der Waals surface area contributed by atoms with Crippen LogP contribution in [-0.2, 0) is 0 Å². The zero-order valence-corrected chi connectivity index (χ0v) is 18.2. The van der Waals surface area contributed by atoms with Gasteiger partial charge >= 0.3 is 0 Å². The largest absolute Gasteiger partial charge is 0.0610 e. The Bertz CT molecular complexity index is 2420. The van der Waals surface area contributed by atoms with Gasteiger partial charge in [0.15, 0.2) is 0 Å². The van der Waals surface area contributed by atoms with Crippen LogP contribution in [0.15, 0.2) is 97.1 Å². The van der Waals surface area contributed by atoms with Crippen LogP contribution in [0.2, 0.25) is 0 Å². The molecule has 10 rings (SSSR count). The standard InChI is InChI=1S/C34H16/c1-5-18-12-14-24-25-15-13-19-11-10-17-4-2-9-23-26-16-20-6-3-8-22-21(7-1)28(18)31(24)34(29(20)22)33(26)32(25)30(19)27(17)23/h1-16H. The fraction of sp³-hybridized carbons (Fsp3) is 0. The smallest absolute Gasteiger partial charge is 0.000115 e. The van der Waals surface area contributed by atoms with Crippen molar-refractivity contribution in [1.82, 2.24) is 0 Å². The van der Waals surface area contributed by atoms with Crippen molar-refractivity contribution >= 4 is 97.0 Å². The number of rotatable bonds is 0. The van der Waals surface area contributed by atoms with E-state index in [1.54, 1.807) is 0 Å². The lowest BCUT2D eigenvalue weighted by atomic mass is 9.78. The van der Waals surface area contributed by atoms with E-state index in [0.29, 0.717) is 0 Å². The summed E-state index contributed by atoms with van der Waals surface area (Å²) in [7, 11) is 0. The Morgan fingerprint density at radius 2 is 0.647 bits per heavy atom. The Morgan fingerprint density at radius 3 is 1.32 bits per heavy atom. The van der Waals surface area contributed by atoms with Gasteiger partial charge in [-0.25, -0.2) is 0 Å². The van der Waals surface area contributed by atoms with E-state index in [1.165, 1.54) is 97.0 Å². The maximum atomic E-state index is 2.46. The molecule has 0 fully saturated rings. The second-order valence-corrected chi connectivity index (χ2v) is 10.0. The van der Waals surface area contributed by atoms with Gasteiger partial charge in [0.25, 0.3) is 0 Å². The summed E-state index contributed by atoms with van der Waals surface area (Å²) in [6.07, 6.45) is 0. The molecule has 0 saturated heterocycles. The van der Waals surface area contributed by atoms with E-state index >= 15 is 0 Å². The van der Waals surface area contributed by atoms with Crippen molar-refractivity contribution in [3.05, 3.63) is 97.1 Å². The van der Waals surface area contributed by atoms with E-state index in [0.717, 1.165) is 0 Å². The molecule has 0 saturated carbocycles. The fourth-order valence-electron chi connectivity index (χ4n) is 7.39. The van der Waals surface area contributed by atoms with Crippen LogP contribution in [0.5, 0.6) is 0 Å². The van der Waals surface area contributed by atoms with Gasteiger partial charge in [0.2, 0.25) is 0 Å². The van der Waals surface area contributed by atoms with Crippen molar-refractivity contribution < 1.29 is 0 Å². The third-order valence-corrected chi connectivity index (χ3v) is 8.61. The second kappa shape index (κ2) is 5.05. The molecule has 10 aromatic carbocycles. The summed E-state index contributed by atoms with van der Waals surface area (Å²) in [6.45, 7) is 0. The van der Waals surface area contributed by atoms with Crippen LogP contribution >= 0.6 is 0 Å².